The second-order valence-electron chi connectivity index (χ2n) is 9.45. The summed E-state index contributed by atoms with van der Waals surface area (Å²) in [4.78, 5) is 23.1. The van der Waals surface area contributed by atoms with Crippen LogP contribution >= 0.6 is 0 Å². The van der Waals surface area contributed by atoms with Crippen LogP contribution in [0.4, 0.5) is 5.95 Å². The topological polar surface area (TPSA) is 138 Å². The lowest BCUT2D eigenvalue weighted by molar-refractivity contribution is -0.127. The summed E-state index contributed by atoms with van der Waals surface area (Å²) in [6.45, 7) is 3.98. The van der Waals surface area contributed by atoms with Gasteiger partial charge < -0.3 is 20.2 Å². The lowest BCUT2D eigenvalue weighted by Gasteiger charge is -2.30. The zero-order valence-corrected chi connectivity index (χ0v) is 20.5. The highest BCUT2D eigenvalue weighted by Crippen LogP contribution is 2.31. The van der Waals surface area contributed by atoms with E-state index in [1.54, 1.807) is 29.3 Å². The molecule has 1 aromatic carbocycles. The maximum atomic E-state index is 13.9. The van der Waals surface area contributed by atoms with Crippen molar-refractivity contribution in [2.75, 3.05) is 25.5 Å². The van der Waals surface area contributed by atoms with Crippen LogP contribution in [0, 0.1) is 5.92 Å². The Kier molecular flexibility index (Phi) is 5.84. The van der Waals surface area contributed by atoms with Crippen molar-refractivity contribution in [2.45, 2.75) is 31.7 Å². The molecule has 0 bridgehead atoms. The molecule has 1 atom stereocenters. The predicted molar refractivity (Wildman–Crippen MR) is 137 cm³/mol. The number of nitrogen functional groups attached to an aromatic ring is 1. The van der Waals surface area contributed by atoms with E-state index < -0.39 is 5.54 Å². The van der Waals surface area contributed by atoms with E-state index in [0.717, 1.165) is 38.0 Å². The molecule has 1 saturated heterocycles. The molecule has 1 fully saturated rings. The van der Waals surface area contributed by atoms with Gasteiger partial charge in [-0.3, -0.25) is 4.79 Å². The van der Waals surface area contributed by atoms with Crippen LogP contribution in [0.25, 0.3) is 28.3 Å². The van der Waals surface area contributed by atoms with Crippen molar-refractivity contribution in [3.63, 3.8) is 0 Å². The Labute approximate surface area is 212 Å². The minimum atomic E-state index is -1.18. The highest BCUT2D eigenvalue weighted by Gasteiger charge is 2.40. The van der Waals surface area contributed by atoms with Crippen LogP contribution in [0.15, 0.2) is 59.3 Å². The van der Waals surface area contributed by atoms with Crippen LogP contribution in [0.5, 0.6) is 0 Å². The summed E-state index contributed by atoms with van der Waals surface area (Å²) in [5.74, 6) is 1.41. The number of nitrogens with zero attached hydrogens (tertiary/aromatic N) is 6. The van der Waals surface area contributed by atoms with Crippen molar-refractivity contribution < 1.29 is 13.9 Å². The molecule has 0 radical (unpaired) electrons. The summed E-state index contributed by atoms with van der Waals surface area (Å²) in [6, 6.07) is 13.1. The van der Waals surface area contributed by atoms with Crippen LogP contribution in [0.1, 0.15) is 31.7 Å². The van der Waals surface area contributed by atoms with Crippen molar-refractivity contribution in [1.82, 2.24) is 34.7 Å². The van der Waals surface area contributed by atoms with Crippen molar-refractivity contribution in [2.24, 2.45) is 5.92 Å². The smallest absolute Gasteiger partial charge is 0.252 e. The van der Waals surface area contributed by atoms with E-state index in [2.05, 4.69) is 25.5 Å². The van der Waals surface area contributed by atoms with Crippen molar-refractivity contribution in [1.29, 1.82) is 0 Å². The zero-order valence-electron chi connectivity index (χ0n) is 20.5. The number of hydrogen-bond acceptors (Lipinski definition) is 8. The Bertz CT molecular complexity index is 1540. The van der Waals surface area contributed by atoms with E-state index in [-0.39, 0.29) is 11.9 Å². The van der Waals surface area contributed by atoms with E-state index in [0.29, 0.717) is 40.7 Å². The van der Waals surface area contributed by atoms with E-state index in [9.17, 15) is 4.79 Å². The van der Waals surface area contributed by atoms with Gasteiger partial charge in [0.25, 0.3) is 5.91 Å². The first-order valence-electron chi connectivity index (χ1n) is 12.4. The van der Waals surface area contributed by atoms with Crippen LogP contribution in [0.2, 0.25) is 0 Å². The molecule has 1 amide bonds. The van der Waals surface area contributed by atoms with E-state index >= 15 is 0 Å². The summed E-state index contributed by atoms with van der Waals surface area (Å²) in [5, 5.41) is 12.9. The van der Waals surface area contributed by atoms with Crippen molar-refractivity contribution in [3.8, 4) is 11.6 Å². The molecule has 190 valence electrons. The van der Waals surface area contributed by atoms with Gasteiger partial charge in [0.1, 0.15) is 0 Å². The number of carbonyl (C=O) groups is 1. The minimum absolute atomic E-state index is 0.130. The number of anilines is 1. The molecule has 11 nitrogen and oxygen atoms in total. The number of fused-ring (bicyclic) bond motifs is 3. The Morgan fingerprint density at radius 3 is 2.70 bits per heavy atom. The summed E-state index contributed by atoms with van der Waals surface area (Å²) < 4.78 is 14.0. The molecule has 6 rings (SSSR count). The summed E-state index contributed by atoms with van der Waals surface area (Å²) in [6.07, 6.45) is 6.15. The van der Waals surface area contributed by atoms with Gasteiger partial charge in [0.05, 0.1) is 17.8 Å². The van der Waals surface area contributed by atoms with Crippen LogP contribution < -0.4 is 11.1 Å². The number of furan rings is 1. The molecule has 3 N–H and O–H groups in total. The molecule has 0 saturated carbocycles. The first-order valence-corrected chi connectivity index (χ1v) is 12.4. The van der Waals surface area contributed by atoms with Crippen molar-refractivity contribution >= 4 is 28.5 Å². The monoisotopic (exact) mass is 500 g/mol. The van der Waals surface area contributed by atoms with Gasteiger partial charge in [-0.25, -0.2) is 9.67 Å². The molecule has 1 unspecified atom stereocenters. The largest absolute Gasteiger partial charge is 0.461 e. The summed E-state index contributed by atoms with van der Waals surface area (Å²) in [5.41, 5.74) is 6.82. The lowest BCUT2D eigenvalue weighted by atomic mass is 9.90. The second kappa shape index (κ2) is 9.32. The van der Waals surface area contributed by atoms with Gasteiger partial charge in [0, 0.05) is 19.8 Å². The Morgan fingerprint density at radius 1 is 1.14 bits per heavy atom. The predicted octanol–water partition coefficient (Wildman–Crippen LogP) is 3.01. The maximum Gasteiger partial charge on any atom is 0.252 e. The Balaban J connectivity index is 1.40. The third-order valence-corrected chi connectivity index (χ3v) is 7.15. The first-order chi connectivity index (χ1) is 18.1. The number of nitrogens with two attached hydrogens (primary N) is 1. The third-order valence-electron chi connectivity index (χ3n) is 7.15. The molecule has 37 heavy (non-hydrogen) atoms. The highest BCUT2D eigenvalue weighted by molar-refractivity contribution is 5.94. The number of hydrogen-bond donors (Lipinski definition) is 2. The molecule has 1 aliphatic heterocycles. The van der Waals surface area contributed by atoms with Crippen LogP contribution in [-0.2, 0) is 15.1 Å². The van der Waals surface area contributed by atoms with Gasteiger partial charge in [-0.05, 0) is 49.8 Å². The minimum Gasteiger partial charge on any atom is -0.461 e. The fraction of sp³-hybridized carbons (Fsp3) is 0.346. The number of carbonyl (C=O) groups excluding carboxylic acids is 1. The molecular weight excluding hydrogens is 472 g/mol. The Morgan fingerprint density at radius 2 is 1.95 bits per heavy atom. The molecular formula is C26H28N8O3. The zero-order chi connectivity index (χ0) is 25.4. The fourth-order valence-corrected chi connectivity index (χ4v) is 4.96. The van der Waals surface area contributed by atoms with Crippen LogP contribution in [-0.4, -0.2) is 55.0 Å². The standard InChI is InChI=1S/C26H28N8O3/c1-26(18-6-3-2-4-7-18,24(35)28-12-9-17-10-14-36-15-11-17)34-23-19(16-29-34)22-30-21(20-8-5-13-37-20)32-33(22)25(27)31-23/h2-8,13,16-17H,9-12,14-15H2,1H3,(H2,27,31)(H,28,35). The average molecular weight is 501 g/mol. The highest BCUT2D eigenvalue weighted by atomic mass is 16.5. The number of nitrogens with one attached hydrogen (secondary N) is 1. The SMILES string of the molecule is CC(C(=O)NCCC1CCOCC1)(c1ccccc1)n1ncc2c1nc(N)n1nc(-c3ccco3)nc21. The van der Waals surface area contributed by atoms with Gasteiger partial charge in [-0.1, -0.05) is 30.3 Å². The molecule has 0 aliphatic carbocycles. The number of benzene rings is 1. The Hall–Kier alpha value is -4.25. The normalized spacial score (nSPS) is 16.2. The van der Waals surface area contributed by atoms with Gasteiger partial charge in [0.15, 0.2) is 22.6 Å². The van der Waals surface area contributed by atoms with Gasteiger partial charge in [0.2, 0.25) is 11.8 Å². The van der Waals surface area contributed by atoms with Crippen molar-refractivity contribution in [3.05, 3.63) is 60.5 Å². The van der Waals surface area contributed by atoms with E-state index in [1.807, 2.05) is 37.3 Å². The van der Waals surface area contributed by atoms with Crippen LogP contribution in [0.3, 0.4) is 0 Å². The molecule has 1 aliphatic rings. The quantitative estimate of drug-likeness (QED) is 0.348. The number of rotatable bonds is 7. The maximum absolute atomic E-state index is 13.9. The third kappa shape index (κ3) is 4.01. The summed E-state index contributed by atoms with van der Waals surface area (Å²) in [7, 11) is 0. The molecule has 11 heteroatoms. The van der Waals surface area contributed by atoms with Gasteiger partial charge >= 0.3 is 0 Å². The first kappa shape index (κ1) is 23.2. The molecule has 5 aromatic rings. The second-order valence-corrected chi connectivity index (χ2v) is 9.45. The van der Waals surface area contributed by atoms with Gasteiger partial charge in [-0.15, -0.1) is 5.10 Å². The summed E-state index contributed by atoms with van der Waals surface area (Å²) >= 11 is 0. The number of amides is 1. The van der Waals surface area contributed by atoms with E-state index in [4.69, 9.17) is 14.9 Å². The lowest BCUT2D eigenvalue weighted by Crippen LogP contribution is -2.48. The van der Waals surface area contributed by atoms with Gasteiger partial charge in [-0.2, -0.15) is 14.6 Å². The van der Waals surface area contributed by atoms with E-state index in [1.165, 1.54) is 4.52 Å². The number of ether oxygens (including phenoxy) is 1. The fourth-order valence-electron chi connectivity index (χ4n) is 4.96. The molecule has 0 spiro atoms. The molecule has 4 aromatic heterocycles. The number of aromatic nitrogens is 6. The average Bonchev–Trinajstić information content (AvgIpc) is 3.69. The molecule has 5 heterocycles.